The van der Waals surface area contributed by atoms with E-state index >= 15 is 0 Å². The molecule has 0 spiro atoms. The zero-order valence-electron chi connectivity index (χ0n) is 12.0. The van der Waals surface area contributed by atoms with E-state index in [9.17, 15) is 4.79 Å². The molecular weight excluding hydrogens is 272 g/mol. The highest BCUT2D eigenvalue weighted by Gasteiger charge is 2.23. The molecule has 1 saturated carbocycles. The van der Waals surface area contributed by atoms with Crippen LogP contribution in [0.15, 0.2) is 24.3 Å². The number of amides is 1. The van der Waals surface area contributed by atoms with Gasteiger partial charge in [0.2, 0.25) is 5.91 Å². The van der Waals surface area contributed by atoms with E-state index in [-0.39, 0.29) is 18.3 Å². The van der Waals surface area contributed by atoms with Crippen molar-refractivity contribution < 1.29 is 4.79 Å². The first kappa shape index (κ1) is 15.3. The van der Waals surface area contributed by atoms with Crippen molar-refractivity contribution in [3.8, 4) is 0 Å². The largest absolute Gasteiger partial charge is 0.340 e. The van der Waals surface area contributed by atoms with Gasteiger partial charge in [-0.3, -0.25) is 4.79 Å². The van der Waals surface area contributed by atoms with Gasteiger partial charge in [-0.1, -0.05) is 24.3 Å². The van der Waals surface area contributed by atoms with Gasteiger partial charge in [-0.15, -0.1) is 12.4 Å². The molecule has 4 heteroatoms. The molecule has 2 fully saturated rings. The molecule has 1 aliphatic heterocycles. The van der Waals surface area contributed by atoms with Crippen LogP contribution < -0.4 is 5.32 Å². The third kappa shape index (κ3) is 3.74. The van der Waals surface area contributed by atoms with Gasteiger partial charge in [0.05, 0.1) is 6.42 Å². The summed E-state index contributed by atoms with van der Waals surface area (Å²) < 4.78 is 0. The van der Waals surface area contributed by atoms with Crippen LogP contribution in [-0.2, 0) is 11.2 Å². The molecular formula is C16H23ClN2O. The number of nitrogens with one attached hydrogen (secondary N) is 1. The molecule has 0 aromatic heterocycles. The van der Waals surface area contributed by atoms with Gasteiger partial charge in [0, 0.05) is 25.7 Å². The first-order valence-corrected chi connectivity index (χ1v) is 7.32. The van der Waals surface area contributed by atoms with E-state index in [1.807, 2.05) is 4.90 Å². The van der Waals surface area contributed by atoms with Crippen molar-refractivity contribution in [2.24, 2.45) is 0 Å². The minimum atomic E-state index is 0. The Bertz CT molecular complexity index is 456. The van der Waals surface area contributed by atoms with Gasteiger partial charge >= 0.3 is 0 Å². The molecule has 3 nitrogen and oxygen atoms in total. The molecule has 3 rings (SSSR count). The van der Waals surface area contributed by atoms with Gasteiger partial charge < -0.3 is 10.2 Å². The molecule has 0 radical (unpaired) electrons. The molecule has 1 aliphatic carbocycles. The number of nitrogens with zero attached hydrogens (tertiary/aromatic N) is 1. The highest BCUT2D eigenvalue weighted by atomic mass is 35.5. The topological polar surface area (TPSA) is 32.3 Å². The number of hydrogen-bond donors (Lipinski definition) is 1. The van der Waals surface area contributed by atoms with E-state index in [2.05, 4.69) is 36.5 Å². The minimum Gasteiger partial charge on any atom is -0.340 e. The van der Waals surface area contributed by atoms with Gasteiger partial charge in [0.25, 0.3) is 0 Å². The monoisotopic (exact) mass is 294 g/mol. The van der Waals surface area contributed by atoms with Crippen molar-refractivity contribution in [1.82, 2.24) is 10.2 Å². The SMILES string of the molecule is C[C@@H]1CN(C(=O)Cc2ccc(C3CC3)cc2)CCN1.Cl. The molecule has 1 aromatic rings. The number of halogens is 1. The lowest BCUT2D eigenvalue weighted by molar-refractivity contribution is -0.131. The number of rotatable bonds is 3. The second-order valence-corrected chi connectivity index (χ2v) is 5.89. The van der Waals surface area contributed by atoms with Crippen LogP contribution in [0.2, 0.25) is 0 Å². The molecule has 20 heavy (non-hydrogen) atoms. The fourth-order valence-electron chi connectivity index (χ4n) is 2.77. The molecule has 1 saturated heterocycles. The molecule has 1 amide bonds. The molecule has 0 unspecified atom stereocenters. The Hall–Kier alpha value is -1.06. The maximum Gasteiger partial charge on any atom is 0.227 e. The average Bonchev–Trinajstić information content (AvgIpc) is 3.24. The van der Waals surface area contributed by atoms with Crippen molar-refractivity contribution in [3.05, 3.63) is 35.4 Å². The summed E-state index contributed by atoms with van der Waals surface area (Å²) in [6.07, 6.45) is 3.20. The number of piperazine rings is 1. The quantitative estimate of drug-likeness (QED) is 0.928. The van der Waals surface area contributed by atoms with Crippen LogP contribution >= 0.6 is 12.4 Å². The number of hydrogen-bond acceptors (Lipinski definition) is 2. The molecule has 1 atom stereocenters. The Kier molecular flexibility index (Phi) is 5.06. The Balaban J connectivity index is 0.00000147. The van der Waals surface area contributed by atoms with Crippen LogP contribution in [0, 0.1) is 0 Å². The maximum atomic E-state index is 12.2. The molecule has 1 heterocycles. The predicted molar refractivity (Wildman–Crippen MR) is 83.4 cm³/mol. The van der Waals surface area contributed by atoms with Gasteiger partial charge in [0.1, 0.15) is 0 Å². The summed E-state index contributed by atoms with van der Waals surface area (Å²) in [5.74, 6) is 1.05. The van der Waals surface area contributed by atoms with E-state index in [0.717, 1.165) is 31.1 Å². The van der Waals surface area contributed by atoms with Crippen LogP contribution in [0.3, 0.4) is 0 Å². The van der Waals surface area contributed by atoms with E-state index in [4.69, 9.17) is 0 Å². The van der Waals surface area contributed by atoms with E-state index in [1.54, 1.807) is 0 Å². The lowest BCUT2D eigenvalue weighted by Crippen LogP contribution is -2.51. The van der Waals surface area contributed by atoms with Gasteiger partial charge in [0.15, 0.2) is 0 Å². The molecule has 0 bridgehead atoms. The van der Waals surface area contributed by atoms with Crippen LogP contribution in [0.1, 0.15) is 36.8 Å². The summed E-state index contributed by atoms with van der Waals surface area (Å²) in [5, 5.41) is 3.36. The van der Waals surface area contributed by atoms with Gasteiger partial charge in [-0.2, -0.15) is 0 Å². The standard InChI is InChI=1S/C16H22N2O.ClH/c1-12-11-18(9-8-17-12)16(19)10-13-2-4-14(5-3-13)15-6-7-15;/h2-5,12,15,17H,6-11H2,1H3;1H/t12-;/m1./s1. The number of carbonyl (C=O) groups is 1. The summed E-state index contributed by atoms with van der Waals surface area (Å²) >= 11 is 0. The zero-order valence-corrected chi connectivity index (χ0v) is 12.8. The summed E-state index contributed by atoms with van der Waals surface area (Å²) in [5.41, 5.74) is 2.58. The first-order valence-electron chi connectivity index (χ1n) is 7.32. The van der Waals surface area contributed by atoms with Gasteiger partial charge in [-0.05, 0) is 36.8 Å². The average molecular weight is 295 g/mol. The molecule has 110 valence electrons. The van der Waals surface area contributed by atoms with Gasteiger partial charge in [-0.25, -0.2) is 0 Å². The molecule has 1 aromatic carbocycles. The van der Waals surface area contributed by atoms with Crippen molar-refractivity contribution in [2.45, 2.75) is 38.1 Å². The van der Waals surface area contributed by atoms with E-state index < -0.39 is 0 Å². The van der Waals surface area contributed by atoms with E-state index in [0.29, 0.717) is 12.5 Å². The second-order valence-electron chi connectivity index (χ2n) is 5.89. The van der Waals surface area contributed by atoms with Crippen molar-refractivity contribution in [3.63, 3.8) is 0 Å². The van der Waals surface area contributed by atoms with Crippen LogP contribution in [0.25, 0.3) is 0 Å². The first-order chi connectivity index (χ1) is 9.22. The Morgan fingerprint density at radius 3 is 2.60 bits per heavy atom. The summed E-state index contributed by atoms with van der Waals surface area (Å²) in [6, 6.07) is 9.05. The van der Waals surface area contributed by atoms with Crippen molar-refractivity contribution in [1.29, 1.82) is 0 Å². The Labute approximate surface area is 127 Å². The predicted octanol–water partition coefficient (Wildman–Crippen LogP) is 2.35. The molecule has 2 aliphatic rings. The third-order valence-corrected chi connectivity index (χ3v) is 4.11. The number of carbonyl (C=O) groups excluding carboxylic acids is 1. The summed E-state index contributed by atoms with van der Waals surface area (Å²) in [4.78, 5) is 14.2. The lowest BCUT2D eigenvalue weighted by atomic mass is 10.1. The van der Waals surface area contributed by atoms with Crippen LogP contribution in [0.4, 0.5) is 0 Å². The zero-order chi connectivity index (χ0) is 13.2. The third-order valence-electron chi connectivity index (χ3n) is 4.11. The molecule has 1 N–H and O–H groups in total. The van der Waals surface area contributed by atoms with E-state index in [1.165, 1.54) is 18.4 Å². The summed E-state index contributed by atoms with van der Waals surface area (Å²) in [6.45, 7) is 4.71. The summed E-state index contributed by atoms with van der Waals surface area (Å²) in [7, 11) is 0. The maximum absolute atomic E-state index is 12.2. The Morgan fingerprint density at radius 1 is 1.30 bits per heavy atom. The van der Waals surface area contributed by atoms with Crippen LogP contribution in [-0.4, -0.2) is 36.5 Å². The fraction of sp³-hybridized carbons (Fsp3) is 0.562. The highest BCUT2D eigenvalue weighted by Crippen LogP contribution is 2.39. The minimum absolute atomic E-state index is 0. The smallest absolute Gasteiger partial charge is 0.227 e. The second kappa shape index (κ2) is 6.59. The highest BCUT2D eigenvalue weighted by molar-refractivity contribution is 5.85. The van der Waals surface area contributed by atoms with Crippen molar-refractivity contribution in [2.75, 3.05) is 19.6 Å². The normalized spacial score (nSPS) is 22.2. The van der Waals surface area contributed by atoms with Crippen molar-refractivity contribution >= 4 is 18.3 Å². The lowest BCUT2D eigenvalue weighted by Gasteiger charge is -2.32. The number of benzene rings is 1. The van der Waals surface area contributed by atoms with Crippen LogP contribution in [0.5, 0.6) is 0 Å². The Morgan fingerprint density at radius 2 is 2.00 bits per heavy atom. The fourth-order valence-corrected chi connectivity index (χ4v) is 2.77.